The van der Waals surface area contributed by atoms with Gasteiger partial charge in [0.1, 0.15) is 18.5 Å². The van der Waals surface area contributed by atoms with Crippen LogP contribution >= 0.6 is 0 Å². The molecule has 0 saturated carbocycles. The number of anilines is 2. The first-order valence-corrected chi connectivity index (χ1v) is 11.6. The number of rotatable bonds is 10. The highest BCUT2D eigenvalue weighted by atomic mass is 16.6. The summed E-state index contributed by atoms with van der Waals surface area (Å²) in [5.41, 5.74) is 7.58. The second kappa shape index (κ2) is 13.5. The molecule has 9 heteroatoms. The summed E-state index contributed by atoms with van der Waals surface area (Å²) in [7, 11) is 0. The highest BCUT2D eigenvalue weighted by molar-refractivity contribution is 6.03. The molecular weight excluding hydrogens is 474 g/mol. The molecule has 37 heavy (non-hydrogen) atoms. The van der Waals surface area contributed by atoms with Crippen LogP contribution in [0.2, 0.25) is 0 Å². The fraction of sp³-hybridized carbons (Fsp3) is 0.179. The Morgan fingerprint density at radius 1 is 0.973 bits per heavy atom. The predicted octanol–water partition coefficient (Wildman–Crippen LogP) is 4.08. The van der Waals surface area contributed by atoms with Gasteiger partial charge in [-0.3, -0.25) is 14.9 Å². The van der Waals surface area contributed by atoms with E-state index in [9.17, 15) is 19.5 Å². The smallest absolute Gasteiger partial charge is 0.414 e. The van der Waals surface area contributed by atoms with Crippen molar-refractivity contribution in [2.24, 2.45) is 5.92 Å². The van der Waals surface area contributed by atoms with Gasteiger partial charge in [0.05, 0.1) is 18.0 Å². The largest absolute Gasteiger partial charge is 0.491 e. The number of carbonyl (C=O) groups excluding carboxylic acids is 3. The van der Waals surface area contributed by atoms with Crippen molar-refractivity contribution in [3.63, 3.8) is 0 Å². The third-order valence-electron chi connectivity index (χ3n) is 5.31. The molecule has 3 aromatic carbocycles. The number of hydrogen-bond acceptors (Lipinski definition) is 7. The summed E-state index contributed by atoms with van der Waals surface area (Å²) in [5, 5.41) is 14.1. The molecule has 0 unspecified atom stereocenters. The van der Waals surface area contributed by atoms with Gasteiger partial charge in [0, 0.05) is 17.0 Å². The van der Waals surface area contributed by atoms with Gasteiger partial charge in [-0.25, -0.2) is 4.79 Å². The number of carbonyl (C=O) groups is 3. The van der Waals surface area contributed by atoms with Gasteiger partial charge in [-0.15, -0.1) is 0 Å². The number of hydrogen-bond donors (Lipinski definition) is 4. The van der Waals surface area contributed by atoms with Gasteiger partial charge in [0.2, 0.25) is 5.91 Å². The fourth-order valence-corrected chi connectivity index (χ4v) is 3.48. The maximum absolute atomic E-state index is 12.7. The van der Waals surface area contributed by atoms with Crippen LogP contribution in [0.25, 0.3) is 0 Å². The van der Waals surface area contributed by atoms with E-state index in [1.807, 2.05) is 0 Å². The second-order valence-electron chi connectivity index (χ2n) is 8.05. The minimum absolute atomic E-state index is 0.0353. The molecule has 5 N–H and O–H groups in total. The number of ether oxygens (including phenoxy) is 2. The lowest BCUT2D eigenvalue weighted by atomic mass is 9.95. The number of aliphatic hydroxyl groups is 1. The van der Waals surface area contributed by atoms with Crippen molar-refractivity contribution in [2.45, 2.75) is 13.0 Å². The summed E-state index contributed by atoms with van der Waals surface area (Å²) in [6.45, 7) is 1.58. The average molecular weight is 504 g/mol. The van der Waals surface area contributed by atoms with Gasteiger partial charge in [-0.1, -0.05) is 61.5 Å². The zero-order valence-corrected chi connectivity index (χ0v) is 20.3. The first kappa shape index (κ1) is 27.0. The average Bonchev–Trinajstić information content (AvgIpc) is 2.91. The van der Waals surface area contributed by atoms with Crippen LogP contribution in [0.4, 0.5) is 16.2 Å². The first-order valence-electron chi connectivity index (χ1n) is 11.6. The molecule has 0 aliphatic carbocycles. The Bertz CT molecular complexity index is 1250. The van der Waals surface area contributed by atoms with Gasteiger partial charge in [0.15, 0.2) is 0 Å². The number of benzene rings is 3. The molecule has 2 atom stereocenters. The number of nitrogens with two attached hydrogens (primary N) is 1. The summed E-state index contributed by atoms with van der Waals surface area (Å²) in [5.74, 6) is -1.16. The van der Waals surface area contributed by atoms with Gasteiger partial charge < -0.3 is 25.6 Å². The molecule has 0 bridgehead atoms. The van der Waals surface area contributed by atoms with E-state index in [1.54, 1.807) is 91.9 Å². The van der Waals surface area contributed by atoms with Crippen LogP contribution in [-0.2, 0) is 9.53 Å². The molecule has 192 valence electrons. The van der Waals surface area contributed by atoms with E-state index < -0.39 is 29.9 Å². The maximum atomic E-state index is 12.7. The van der Waals surface area contributed by atoms with Crippen LogP contribution in [-0.4, -0.2) is 36.2 Å². The lowest BCUT2D eigenvalue weighted by Crippen LogP contribution is -2.33. The van der Waals surface area contributed by atoms with Crippen LogP contribution in [0.5, 0.6) is 5.75 Å². The highest BCUT2D eigenvalue weighted by Gasteiger charge is 2.26. The lowest BCUT2D eigenvalue weighted by Gasteiger charge is -2.24. The standard InChI is InChI=1S/C28H29N3O6/c1-19(15-16-25(33)30-23-13-7-6-12-22(23)29)26(21-11-5-8-14-24(21)36-18-17-32)37-28(35)31-27(34)20-9-3-2-4-10-20/h2-16,19,26,32H,17-18,29H2,1H3,(H,30,33)(H,31,34,35)/b16-15+/t19-,26-/m0/s1. The van der Waals surface area contributed by atoms with Crippen molar-refractivity contribution in [3.8, 4) is 5.75 Å². The molecule has 3 rings (SSSR count). The normalized spacial score (nSPS) is 12.4. The zero-order chi connectivity index (χ0) is 26.6. The predicted molar refractivity (Wildman–Crippen MR) is 140 cm³/mol. The number of nitrogens with one attached hydrogen (secondary N) is 2. The Morgan fingerprint density at radius 2 is 1.65 bits per heavy atom. The van der Waals surface area contributed by atoms with E-state index in [1.165, 1.54) is 6.08 Å². The molecule has 0 aliphatic rings. The molecule has 0 heterocycles. The molecule has 0 aromatic heterocycles. The van der Waals surface area contributed by atoms with Crippen LogP contribution in [0.3, 0.4) is 0 Å². The number of imide groups is 1. The van der Waals surface area contributed by atoms with E-state index in [0.29, 0.717) is 28.3 Å². The molecule has 0 radical (unpaired) electrons. The van der Waals surface area contributed by atoms with Crippen molar-refractivity contribution in [2.75, 3.05) is 24.3 Å². The van der Waals surface area contributed by atoms with Crippen molar-refractivity contribution in [1.29, 1.82) is 0 Å². The monoisotopic (exact) mass is 503 g/mol. The summed E-state index contributed by atoms with van der Waals surface area (Å²) >= 11 is 0. The van der Waals surface area contributed by atoms with Gasteiger partial charge in [-0.05, 0) is 36.4 Å². The lowest BCUT2D eigenvalue weighted by molar-refractivity contribution is -0.111. The van der Waals surface area contributed by atoms with Gasteiger partial charge in [0.25, 0.3) is 5.91 Å². The van der Waals surface area contributed by atoms with Crippen molar-refractivity contribution >= 4 is 29.3 Å². The molecular formula is C28H29N3O6. The number of nitrogen functional groups attached to an aromatic ring is 1. The number of aliphatic hydroxyl groups excluding tert-OH is 1. The molecule has 9 nitrogen and oxygen atoms in total. The van der Waals surface area contributed by atoms with Crippen LogP contribution in [0, 0.1) is 5.92 Å². The molecule has 0 fully saturated rings. The van der Waals surface area contributed by atoms with E-state index >= 15 is 0 Å². The molecule has 3 aromatic rings. The molecule has 0 saturated heterocycles. The summed E-state index contributed by atoms with van der Waals surface area (Å²) < 4.78 is 11.3. The van der Waals surface area contributed by atoms with E-state index in [2.05, 4.69) is 10.6 Å². The SMILES string of the molecule is C[C@@H](/C=C/C(=O)Nc1ccccc1N)[C@H](OC(=O)NC(=O)c1ccccc1)c1ccccc1OCCO. The Morgan fingerprint density at radius 3 is 2.38 bits per heavy atom. The Kier molecular flexibility index (Phi) is 9.81. The Balaban J connectivity index is 1.80. The molecule has 0 aliphatic heterocycles. The van der Waals surface area contributed by atoms with Gasteiger partial charge >= 0.3 is 6.09 Å². The Hall–Kier alpha value is -4.63. The van der Waals surface area contributed by atoms with Crippen LogP contribution in [0.1, 0.15) is 28.9 Å². The maximum Gasteiger partial charge on any atom is 0.414 e. The van der Waals surface area contributed by atoms with E-state index in [0.717, 1.165) is 0 Å². The highest BCUT2D eigenvalue weighted by Crippen LogP contribution is 2.34. The van der Waals surface area contributed by atoms with Crippen LogP contribution < -0.4 is 21.1 Å². The van der Waals surface area contributed by atoms with Crippen LogP contribution in [0.15, 0.2) is 91.0 Å². The summed E-state index contributed by atoms with van der Waals surface area (Å²) in [6, 6.07) is 22.0. The number of para-hydroxylation sites is 3. The second-order valence-corrected chi connectivity index (χ2v) is 8.05. The topological polar surface area (TPSA) is 140 Å². The van der Waals surface area contributed by atoms with E-state index in [-0.39, 0.29) is 13.2 Å². The number of amides is 3. The third-order valence-corrected chi connectivity index (χ3v) is 5.31. The number of alkyl carbamates (subject to hydrolysis) is 1. The minimum atomic E-state index is -0.961. The van der Waals surface area contributed by atoms with Crippen molar-refractivity contribution in [3.05, 3.63) is 102 Å². The first-order chi connectivity index (χ1) is 17.9. The third kappa shape index (κ3) is 7.94. The minimum Gasteiger partial charge on any atom is -0.491 e. The summed E-state index contributed by atoms with van der Waals surface area (Å²) in [6.07, 6.45) is 1.01. The van der Waals surface area contributed by atoms with E-state index in [4.69, 9.17) is 15.2 Å². The molecule has 0 spiro atoms. The zero-order valence-electron chi connectivity index (χ0n) is 20.3. The fourth-order valence-electron chi connectivity index (χ4n) is 3.48. The van der Waals surface area contributed by atoms with Crippen molar-refractivity contribution in [1.82, 2.24) is 5.32 Å². The van der Waals surface area contributed by atoms with Gasteiger partial charge in [-0.2, -0.15) is 0 Å². The van der Waals surface area contributed by atoms with Crippen molar-refractivity contribution < 1.29 is 29.0 Å². The molecule has 3 amide bonds. The quantitative estimate of drug-likeness (QED) is 0.241. The Labute approximate surface area is 214 Å². The summed E-state index contributed by atoms with van der Waals surface area (Å²) in [4.78, 5) is 37.6.